The van der Waals surface area contributed by atoms with Crippen LogP contribution >= 0.6 is 0 Å². The van der Waals surface area contributed by atoms with Crippen molar-refractivity contribution in [1.82, 2.24) is 0 Å². The molecule has 0 saturated heterocycles. The Morgan fingerprint density at radius 2 is 1.86 bits per heavy atom. The summed E-state index contributed by atoms with van der Waals surface area (Å²) in [6, 6.07) is 24.0. The molecule has 1 amide bonds. The van der Waals surface area contributed by atoms with Gasteiger partial charge in [-0.1, -0.05) is 36.4 Å². The number of nitrogens with one attached hydrogen (secondary N) is 1. The van der Waals surface area contributed by atoms with Crippen LogP contribution in [-0.4, -0.2) is 13.0 Å². The van der Waals surface area contributed by atoms with Crippen molar-refractivity contribution in [2.24, 2.45) is 0 Å². The lowest BCUT2D eigenvalue weighted by atomic mass is 10.1. The van der Waals surface area contributed by atoms with Gasteiger partial charge in [-0.25, -0.2) is 0 Å². The molecule has 0 aliphatic rings. The van der Waals surface area contributed by atoms with Crippen LogP contribution in [0, 0.1) is 11.3 Å². The molecule has 146 valence electrons. The summed E-state index contributed by atoms with van der Waals surface area (Å²) in [5.74, 6) is 0.335. The molecule has 5 heteroatoms. The molecule has 5 nitrogen and oxygen atoms in total. The summed E-state index contributed by atoms with van der Waals surface area (Å²) < 4.78 is 11.1. The summed E-state index contributed by atoms with van der Waals surface area (Å²) in [5, 5.41) is 12.1. The molecule has 3 rings (SSSR count). The highest BCUT2D eigenvalue weighted by atomic mass is 16.5. The zero-order chi connectivity index (χ0) is 20.6. The molecule has 0 bridgehead atoms. The highest BCUT2D eigenvalue weighted by Gasteiger charge is 2.10. The molecule has 0 radical (unpaired) electrons. The molecule has 0 aliphatic heterocycles. The number of carbonyl (C=O) groups is 1. The Hall–Kier alpha value is -3.62. The zero-order valence-electron chi connectivity index (χ0n) is 16.4. The van der Waals surface area contributed by atoms with Gasteiger partial charge < -0.3 is 14.8 Å². The molecule has 0 spiro atoms. The zero-order valence-corrected chi connectivity index (χ0v) is 16.4. The summed E-state index contributed by atoms with van der Waals surface area (Å²) in [4.78, 5) is 12.7. The van der Waals surface area contributed by atoms with E-state index in [4.69, 9.17) is 9.47 Å². The van der Waals surface area contributed by atoms with Crippen molar-refractivity contribution in [2.75, 3.05) is 12.4 Å². The molecule has 0 saturated carbocycles. The van der Waals surface area contributed by atoms with Crippen molar-refractivity contribution in [3.05, 3.63) is 95.1 Å². The van der Waals surface area contributed by atoms with Crippen molar-refractivity contribution >= 4 is 11.6 Å². The molecule has 0 heterocycles. The van der Waals surface area contributed by atoms with E-state index < -0.39 is 0 Å². The van der Waals surface area contributed by atoms with Crippen LogP contribution < -0.4 is 10.1 Å². The number of amides is 1. The second kappa shape index (κ2) is 9.54. The Bertz CT molecular complexity index is 1040. The second-order valence-electron chi connectivity index (χ2n) is 6.54. The molecule has 29 heavy (non-hydrogen) atoms. The van der Waals surface area contributed by atoms with Crippen molar-refractivity contribution in [3.63, 3.8) is 0 Å². The summed E-state index contributed by atoms with van der Waals surface area (Å²) in [6.07, 6.45) is -0.0557. The van der Waals surface area contributed by atoms with Crippen LogP contribution in [0.25, 0.3) is 0 Å². The monoisotopic (exact) mass is 386 g/mol. The third kappa shape index (κ3) is 5.22. The fraction of sp³-hybridized carbons (Fsp3) is 0.167. The molecule has 3 aromatic carbocycles. The Morgan fingerprint density at radius 1 is 1.07 bits per heavy atom. The largest absolute Gasteiger partial charge is 0.489 e. The average Bonchev–Trinajstić information content (AvgIpc) is 2.77. The number of rotatable bonds is 7. The number of hydrogen-bond donors (Lipinski definition) is 1. The molecule has 0 aromatic heterocycles. The van der Waals surface area contributed by atoms with Crippen LogP contribution in [0.5, 0.6) is 5.75 Å². The maximum Gasteiger partial charge on any atom is 0.255 e. The van der Waals surface area contributed by atoms with Crippen LogP contribution in [0.4, 0.5) is 5.69 Å². The van der Waals surface area contributed by atoms with Gasteiger partial charge in [-0.05, 0) is 48.9 Å². The molecular formula is C24H22N2O3. The van der Waals surface area contributed by atoms with Gasteiger partial charge >= 0.3 is 0 Å². The van der Waals surface area contributed by atoms with Gasteiger partial charge in [-0.15, -0.1) is 0 Å². The number of hydrogen-bond acceptors (Lipinski definition) is 4. The Kier molecular flexibility index (Phi) is 6.62. The van der Waals surface area contributed by atoms with Crippen LogP contribution in [0.3, 0.4) is 0 Å². The average molecular weight is 386 g/mol. The molecule has 3 aromatic rings. The minimum Gasteiger partial charge on any atom is -0.489 e. The summed E-state index contributed by atoms with van der Waals surface area (Å²) in [6.45, 7) is 2.21. The topological polar surface area (TPSA) is 71.3 Å². The van der Waals surface area contributed by atoms with Crippen molar-refractivity contribution in [1.29, 1.82) is 5.26 Å². The van der Waals surface area contributed by atoms with E-state index in [2.05, 4.69) is 11.4 Å². The summed E-state index contributed by atoms with van der Waals surface area (Å²) in [5.41, 5.74) is 3.55. The van der Waals surface area contributed by atoms with Gasteiger partial charge in [-0.3, -0.25) is 4.79 Å². The van der Waals surface area contributed by atoms with Gasteiger partial charge in [-0.2, -0.15) is 5.26 Å². The van der Waals surface area contributed by atoms with E-state index in [1.54, 1.807) is 37.4 Å². The molecular weight excluding hydrogens is 364 g/mol. The number of anilines is 1. The lowest BCUT2D eigenvalue weighted by Crippen LogP contribution is -2.12. The van der Waals surface area contributed by atoms with E-state index in [0.29, 0.717) is 22.6 Å². The smallest absolute Gasteiger partial charge is 0.255 e. The Balaban J connectivity index is 1.69. The predicted octanol–water partition coefficient (Wildman–Crippen LogP) is 5.10. The minimum atomic E-state index is -0.227. The minimum absolute atomic E-state index is 0.0557. The first-order valence-electron chi connectivity index (χ1n) is 9.25. The highest BCUT2D eigenvalue weighted by molar-refractivity contribution is 6.04. The Morgan fingerprint density at radius 3 is 2.66 bits per heavy atom. The maximum absolute atomic E-state index is 12.7. The second-order valence-corrected chi connectivity index (χ2v) is 6.54. The summed E-state index contributed by atoms with van der Waals surface area (Å²) in [7, 11) is 1.65. The number of carbonyl (C=O) groups excluding carboxylic acids is 1. The van der Waals surface area contributed by atoms with Crippen molar-refractivity contribution in [2.45, 2.75) is 19.6 Å². The number of benzene rings is 3. The van der Waals surface area contributed by atoms with Gasteiger partial charge in [0.05, 0.1) is 17.7 Å². The predicted molar refractivity (Wildman–Crippen MR) is 112 cm³/mol. The first kappa shape index (κ1) is 20.1. The van der Waals surface area contributed by atoms with Crippen LogP contribution in [-0.2, 0) is 11.3 Å². The number of nitrogens with zero attached hydrogens (tertiary/aromatic N) is 1. The van der Waals surface area contributed by atoms with Gasteiger partial charge in [0, 0.05) is 23.9 Å². The first-order chi connectivity index (χ1) is 14.1. The Labute approximate surface area is 170 Å². The van der Waals surface area contributed by atoms with Crippen molar-refractivity contribution in [3.8, 4) is 11.8 Å². The molecule has 0 aliphatic carbocycles. The van der Waals surface area contributed by atoms with Crippen LogP contribution in [0.2, 0.25) is 0 Å². The highest BCUT2D eigenvalue weighted by Crippen LogP contribution is 2.21. The maximum atomic E-state index is 12.7. The molecule has 0 fully saturated rings. The number of nitriles is 1. The lowest BCUT2D eigenvalue weighted by molar-refractivity contribution is 0.102. The fourth-order valence-corrected chi connectivity index (χ4v) is 2.85. The van der Waals surface area contributed by atoms with Crippen LogP contribution in [0.15, 0.2) is 72.8 Å². The fourth-order valence-electron chi connectivity index (χ4n) is 2.85. The van der Waals surface area contributed by atoms with E-state index in [-0.39, 0.29) is 18.6 Å². The number of ether oxygens (including phenoxy) is 2. The molecule has 1 atom stereocenters. The van der Waals surface area contributed by atoms with Crippen LogP contribution in [0.1, 0.15) is 40.1 Å². The third-order valence-electron chi connectivity index (χ3n) is 4.60. The normalized spacial score (nSPS) is 11.3. The quantitative estimate of drug-likeness (QED) is 0.613. The van der Waals surface area contributed by atoms with Gasteiger partial charge in [0.2, 0.25) is 0 Å². The molecule has 1 unspecified atom stereocenters. The lowest BCUT2D eigenvalue weighted by Gasteiger charge is -2.12. The third-order valence-corrected chi connectivity index (χ3v) is 4.60. The standard InChI is InChI=1S/C24H22N2O3/c1-17(28-2)18-9-5-11-22(13-18)26-24(27)19-10-6-12-23(14-19)29-16-21-8-4-3-7-20(21)15-25/h3-14,17H,16H2,1-2H3,(H,26,27). The van der Waals surface area contributed by atoms with E-state index in [9.17, 15) is 10.1 Å². The van der Waals surface area contributed by atoms with Gasteiger partial charge in [0.1, 0.15) is 12.4 Å². The SMILES string of the molecule is COC(C)c1cccc(NC(=O)c2cccc(OCc3ccccc3C#N)c2)c1. The van der Waals surface area contributed by atoms with E-state index in [0.717, 1.165) is 11.1 Å². The first-order valence-corrected chi connectivity index (χ1v) is 9.25. The van der Waals surface area contributed by atoms with Crippen molar-refractivity contribution < 1.29 is 14.3 Å². The summed E-state index contributed by atoms with van der Waals surface area (Å²) >= 11 is 0. The molecule has 1 N–H and O–H groups in total. The van der Waals surface area contributed by atoms with Gasteiger partial charge in [0.15, 0.2) is 0 Å². The van der Waals surface area contributed by atoms with E-state index in [1.165, 1.54) is 0 Å². The van der Waals surface area contributed by atoms with Gasteiger partial charge in [0.25, 0.3) is 5.91 Å². The van der Waals surface area contributed by atoms with E-state index in [1.807, 2.05) is 49.4 Å². The van der Waals surface area contributed by atoms with E-state index >= 15 is 0 Å². The number of methoxy groups -OCH3 is 1.